The third kappa shape index (κ3) is 4.74. The Morgan fingerprint density at radius 1 is 1.03 bits per heavy atom. The van der Waals surface area contributed by atoms with Crippen molar-refractivity contribution in [3.63, 3.8) is 0 Å². The summed E-state index contributed by atoms with van der Waals surface area (Å²) in [6.45, 7) is 4.92. The maximum Gasteiger partial charge on any atom is 0.325 e. The molecule has 4 heterocycles. The van der Waals surface area contributed by atoms with Crippen molar-refractivity contribution in [1.82, 2.24) is 29.7 Å². The molecule has 4 rings (SSSR count). The van der Waals surface area contributed by atoms with Crippen molar-refractivity contribution in [2.45, 2.75) is 26.4 Å². The Morgan fingerprint density at radius 2 is 1.78 bits per heavy atom. The first-order valence-corrected chi connectivity index (χ1v) is 10.9. The van der Waals surface area contributed by atoms with Crippen molar-refractivity contribution in [2.75, 3.05) is 4.90 Å². The first-order valence-electron chi connectivity index (χ1n) is 10.9. The lowest BCUT2D eigenvalue weighted by Crippen LogP contribution is -2.33. The predicted molar refractivity (Wildman–Crippen MR) is 132 cm³/mol. The standard InChI is InChI=1S/C24H25N9O3/c1-13-12-28-17(15-7-9-27-22(29-15)24(2,3)36)11-18(13)33(23(26)35)19-6-5-14(21(25)34)20(30-19)16-8-10-32(4)31-16/h5-12,36H,1-4H3,(H2,25,34)(H2,26,35). The normalized spacial score (nSPS) is 11.4. The van der Waals surface area contributed by atoms with Crippen LogP contribution in [-0.4, -0.2) is 46.8 Å². The number of urea groups is 1. The minimum atomic E-state index is -1.25. The molecular weight excluding hydrogens is 462 g/mol. The second-order valence-corrected chi connectivity index (χ2v) is 8.66. The van der Waals surface area contributed by atoms with Gasteiger partial charge in [-0.3, -0.25) is 14.5 Å². The molecule has 4 aromatic heterocycles. The molecule has 0 aliphatic heterocycles. The van der Waals surface area contributed by atoms with Crippen LogP contribution in [0.25, 0.3) is 22.8 Å². The number of aryl methyl sites for hydroxylation is 2. The molecule has 0 fully saturated rings. The third-order valence-electron chi connectivity index (χ3n) is 5.33. The van der Waals surface area contributed by atoms with Gasteiger partial charge in [0.15, 0.2) is 5.82 Å². The molecule has 12 nitrogen and oxygen atoms in total. The lowest BCUT2D eigenvalue weighted by Gasteiger charge is -2.23. The second-order valence-electron chi connectivity index (χ2n) is 8.66. The van der Waals surface area contributed by atoms with Crippen LogP contribution in [0.4, 0.5) is 16.3 Å². The van der Waals surface area contributed by atoms with E-state index >= 15 is 0 Å². The Kier molecular flexibility index (Phi) is 6.21. The Morgan fingerprint density at radius 3 is 2.39 bits per heavy atom. The van der Waals surface area contributed by atoms with Crippen LogP contribution in [0.15, 0.2) is 48.9 Å². The highest BCUT2D eigenvalue weighted by molar-refractivity contribution is 6.01. The molecule has 0 aliphatic rings. The molecule has 0 saturated carbocycles. The fraction of sp³-hybridized carbons (Fsp3) is 0.208. The maximum atomic E-state index is 12.7. The molecule has 0 aliphatic carbocycles. The lowest BCUT2D eigenvalue weighted by atomic mass is 10.1. The van der Waals surface area contributed by atoms with Crippen LogP contribution in [0, 0.1) is 6.92 Å². The van der Waals surface area contributed by atoms with Crippen LogP contribution in [0.5, 0.6) is 0 Å². The van der Waals surface area contributed by atoms with E-state index in [1.807, 2.05) is 0 Å². The molecule has 0 saturated heterocycles. The fourth-order valence-corrected chi connectivity index (χ4v) is 3.55. The summed E-state index contributed by atoms with van der Waals surface area (Å²) in [5.74, 6) is -0.304. The highest BCUT2D eigenvalue weighted by atomic mass is 16.3. The zero-order valence-corrected chi connectivity index (χ0v) is 20.2. The van der Waals surface area contributed by atoms with Gasteiger partial charge < -0.3 is 16.6 Å². The van der Waals surface area contributed by atoms with Crippen LogP contribution in [0.3, 0.4) is 0 Å². The highest BCUT2D eigenvalue weighted by Crippen LogP contribution is 2.32. The topological polar surface area (TPSA) is 179 Å². The summed E-state index contributed by atoms with van der Waals surface area (Å²) in [7, 11) is 1.73. The average Bonchev–Trinajstić information content (AvgIpc) is 3.25. The maximum absolute atomic E-state index is 12.7. The quantitative estimate of drug-likeness (QED) is 0.370. The number of hydrogen-bond acceptors (Lipinski definition) is 8. The Labute approximate surface area is 206 Å². The number of aromatic nitrogens is 6. The zero-order chi connectivity index (χ0) is 26.2. The Bertz CT molecular complexity index is 1470. The Balaban J connectivity index is 1.85. The third-order valence-corrected chi connectivity index (χ3v) is 5.33. The molecule has 5 N–H and O–H groups in total. The van der Waals surface area contributed by atoms with Gasteiger partial charge in [-0.2, -0.15) is 5.10 Å². The number of primary amides is 2. The van der Waals surface area contributed by atoms with E-state index in [-0.39, 0.29) is 22.9 Å². The van der Waals surface area contributed by atoms with E-state index < -0.39 is 17.5 Å². The van der Waals surface area contributed by atoms with Gasteiger partial charge in [0.2, 0.25) is 0 Å². The van der Waals surface area contributed by atoms with E-state index in [9.17, 15) is 14.7 Å². The molecule has 0 aromatic carbocycles. The van der Waals surface area contributed by atoms with Crippen LogP contribution < -0.4 is 16.4 Å². The molecule has 4 aromatic rings. The number of hydrogen-bond donors (Lipinski definition) is 3. The molecular formula is C24H25N9O3. The molecule has 0 unspecified atom stereocenters. The largest absolute Gasteiger partial charge is 0.382 e. The summed E-state index contributed by atoms with van der Waals surface area (Å²) in [6, 6.07) is 7.11. The van der Waals surface area contributed by atoms with Gasteiger partial charge in [-0.1, -0.05) is 0 Å². The highest BCUT2D eigenvalue weighted by Gasteiger charge is 2.24. The van der Waals surface area contributed by atoms with E-state index in [2.05, 4.69) is 25.0 Å². The van der Waals surface area contributed by atoms with Crippen molar-refractivity contribution in [3.05, 3.63) is 65.9 Å². The predicted octanol–water partition coefficient (Wildman–Crippen LogP) is 2.19. The van der Waals surface area contributed by atoms with Gasteiger partial charge in [0.25, 0.3) is 5.91 Å². The summed E-state index contributed by atoms with van der Waals surface area (Å²) in [5, 5.41) is 14.6. The molecule has 0 atom stereocenters. The average molecular weight is 488 g/mol. The lowest BCUT2D eigenvalue weighted by molar-refractivity contribution is 0.0688. The number of aliphatic hydroxyl groups is 1. The van der Waals surface area contributed by atoms with Crippen molar-refractivity contribution in [3.8, 4) is 22.8 Å². The molecule has 0 spiro atoms. The van der Waals surface area contributed by atoms with E-state index in [4.69, 9.17) is 11.5 Å². The molecule has 12 heteroatoms. The summed E-state index contributed by atoms with van der Waals surface area (Å²) in [6.07, 6.45) is 4.79. The summed E-state index contributed by atoms with van der Waals surface area (Å²) in [4.78, 5) is 43.4. The number of amides is 3. The molecule has 184 valence electrons. The monoisotopic (exact) mass is 487 g/mol. The number of pyridine rings is 2. The van der Waals surface area contributed by atoms with Crippen molar-refractivity contribution in [1.29, 1.82) is 0 Å². The van der Waals surface area contributed by atoms with E-state index in [0.29, 0.717) is 28.3 Å². The second kappa shape index (κ2) is 9.15. The van der Waals surface area contributed by atoms with E-state index in [1.54, 1.807) is 63.1 Å². The summed E-state index contributed by atoms with van der Waals surface area (Å²) < 4.78 is 1.56. The summed E-state index contributed by atoms with van der Waals surface area (Å²) in [5.41, 5.74) is 12.8. The summed E-state index contributed by atoms with van der Waals surface area (Å²) >= 11 is 0. The number of anilines is 2. The van der Waals surface area contributed by atoms with Gasteiger partial charge >= 0.3 is 6.03 Å². The number of nitrogens with two attached hydrogens (primary N) is 2. The van der Waals surface area contributed by atoms with Crippen molar-refractivity contribution < 1.29 is 14.7 Å². The Hall–Kier alpha value is -4.71. The molecule has 3 amide bonds. The van der Waals surface area contributed by atoms with Gasteiger partial charge in [-0.15, -0.1) is 0 Å². The van der Waals surface area contributed by atoms with Gasteiger partial charge in [-0.05, 0) is 56.7 Å². The van der Waals surface area contributed by atoms with Gasteiger partial charge in [-0.25, -0.2) is 24.6 Å². The SMILES string of the molecule is Cc1cnc(-c2ccnc(C(C)(C)O)n2)cc1N(C(N)=O)c1ccc(C(N)=O)c(-c2ccn(C)n2)n1. The van der Waals surface area contributed by atoms with Crippen LogP contribution >= 0.6 is 0 Å². The zero-order valence-electron chi connectivity index (χ0n) is 20.2. The van der Waals surface area contributed by atoms with Crippen molar-refractivity contribution >= 4 is 23.4 Å². The smallest absolute Gasteiger partial charge is 0.325 e. The van der Waals surface area contributed by atoms with Gasteiger partial charge in [0, 0.05) is 25.6 Å². The first-order chi connectivity index (χ1) is 17.0. The minimum absolute atomic E-state index is 0.147. The van der Waals surface area contributed by atoms with Gasteiger partial charge in [0.1, 0.15) is 22.8 Å². The first kappa shape index (κ1) is 24.4. The molecule has 0 radical (unpaired) electrons. The van der Waals surface area contributed by atoms with Crippen molar-refractivity contribution in [2.24, 2.45) is 18.5 Å². The van der Waals surface area contributed by atoms with E-state index in [1.165, 1.54) is 23.2 Å². The van der Waals surface area contributed by atoms with Gasteiger partial charge in [0.05, 0.1) is 22.6 Å². The van der Waals surface area contributed by atoms with Crippen LogP contribution in [0.2, 0.25) is 0 Å². The van der Waals surface area contributed by atoms with Crippen LogP contribution in [-0.2, 0) is 12.6 Å². The molecule has 0 bridgehead atoms. The van der Waals surface area contributed by atoms with E-state index in [0.717, 1.165) is 0 Å². The number of nitrogens with zero attached hydrogens (tertiary/aromatic N) is 7. The number of carbonyl (C=O) groups excluding carboxylic acids is 2. The minimum Gasteiger partial charge on any atom is -0.382 e. The number of rotatable bonds is 6. The molecule has 36 heavy (non-hydrogen) atoms. The van der Waals surface area contributed by atoms with Crippen LogP contribution in [0.1, 0.15) is 35.6 Å². The fourth-order valence-electron chi connectivity index (χ4n) is 3.55. The number of carbonyl (C=O) groups is 2.